The summed E-state index contributed by atoms with van der Waals surface area (Å²) in [6, 6.07) is 2.69. The monoisotopic (exact) mass is 310 g/mol. The van der Waals surface area contributed by atoms with Crippen LogP contribution in [0.5, 0.6) is 0 Å². The average molecular weight is 310 g/mol. The maximum absolute atomic E-state index is 4.45. The number of hydrogen-bond acceptors (Lipinski definition) is 6. The van der Waals surface area contributed by atoms with E-state index in [0.29, 0.717) is 6.04 Å². The average Bonchev–Trinajstić information content (AvgIpc) is 2.53. The predicted molar refractivity (Wildman–Crippen MR) is 89.8 cm³/mol. The van der Waals surface area contributed by atoms with Gasteiger partial charge in [-0.25, -0.2) is 4.98 Å². The molecule has 0 atom stereocenters. The number of anilines is 2. The zero-order valence-electron chi connectivity index (χ0n) is 13.7. The molecule has 1 aliphatic carbocycles. The first kappa shape index (κ1) is 14.4. The van der Waals surface area contributed by atoms with Crippen molar-refractivity contribution in [1.82, 2.24) is 20.2 Å². The van der Waals surface area contributed by atoms with Gasteiger partial charge in [-0.2, -0.15) is 5.10 Å². The third-order valence-corrected chi connectivity index (χ3v) is 4.98. The highest BCUT2D eigenvalue weighted by Gasteiger charge is 2.33. The third kappa shape index (κ3) is 2.62. The SMILES string of the molecule is Cc1nccnc1N(C)C1CN(c2cc3c(nn2)CCCC3)C1. The minimum Gasteiger partial charge on any atom is -0.352 e. The Balaban J connectivity index is 1.44. The van der Waals surface area contributed by atoms with Crippen molar-refractivity contribution in [2.75, 3.05) is 29.9 Å². The fourth-order valence-electron chi connectivity index (χ4n) is 3.44. The van der Waals surface area contributed by atoms with Crippen LogP contribution in [0.1, 0.15) is 29.8 Å². The van der Waals surface area contributed by atoms with Crippen molar-refractivity contribution in [2.24, 2.45) is 0 Å². The molecule has 6 heteroatoms. The second-order valence-electron chi connectivity index (χ2n) is 6.52. The summed E-state index contributed by atoms with van der Waals surface area (Å²) >= 11 is 0. The van der Waals surface area contributed by atoms with Gasteiger partial charge >= 0.3 is 0 Å². The molecule has 2 aromatic heterocycles. The van der Waals surface area contributed by atoms with Gasteiger partial charge < -0.3 is 9.80 Å². The molecule has 23 heavy (non-hydrogen) atoms. The van der Waals surface area contributed by atoms with Crippen LogP contribution in [0, 0.1) is 6.92 Å². The Kier molecular flexibility index (Phi) is 3.59. The molecule has 0 bridgehead atoms. The summed E-state index contributed by atoms with van der Waals surface area (Å²) in [5.41, 5.74) is 3.56. The van der Waals surface area contributed by atoms with Gasteiger partial charge in [0.25, 0.3) is 0 Å². The topological polar surface area (TPSA) is 58.0 Å². The van der Waals surface area contributed by atoms with E-state index in [4.69, 9.17) is 0 Å². The van der Waals surface area contributed by atoms with Crippen LogP contribution in [-0.2, 0) is 12.8 Å². The summed E-state index contributed by atoms with van der Waals surface area (Å²) in [5.74, 6) is 1.99. The molecule has 3 heterocycles. The Hall–Kier alpha value is -2.24. The number of likely N-dealkylation sites (N-methyl/N-ethyl adjacent to an activating group) is 1. The molecule has 4 rings (SSSR count). The highest BCUT2D eigenvalue weighted by atomic mass is 15.4. The smallest absolute Gasteiger partial charge is 0.151 e. The van der Waals surface area contributed by atoms with Crippen LogP contribution in [-0.4, -0.2) is 46.3 Å². The highest BCUT2D eigenvalue weighted by molar-refractivity contribution is 5.50. The number of aromatic nitrogens is 4. The van der Waals surface area contributed by atoms with E-state index in [1.165, 1.54) is 24.1 Å². The van der Waals surface area contributed by atoms with Gasteiger partial charge in [0.15, 0.2) is 5.82 Å². The largest absolute Gasteiger partial charge is 0.352 e. The minimum atomic E-state index is 0.447. The molecule has 120 valence electrons. The lowest BCUT2D eigenvalue weighted by molar-refractivity contribution is 0.485. The van der Waals surface area contributed by atoms with Gasteiger partial charge in [0.05, 0.1) is 17.4 Å². The lowest BCUT2D eigenvalue weighted by Crippen LogP contribution is -2.59. The van der Waals surface area contributed by atoms with Gasteiger partial charge in [-0.15, -0.1) is 5.10 Å². The van der Waals surface area contributed by atoms with E-state index in [1.807, 2.05) is 6.92 Å². The van der Waals surface area contributed by atoms with Crippen LogP contribution in [0.2, 0.25) is 0 Å². The quantitative estimate of drug-likeness (QED) is 0.861. The summed E-state index contributed by atoms with van der Waals surface area (Å²) in [6.45, 7) is 3.92. The first-order valence-corrected chi connectivity index (χ1v) is 8.33. The van der Waals surface area contributed by atoms with E-state index in [9.17, 15) is 0 Å². The number of fused-ring (bicyclic) bond motifs is 1. The van der Waals surface area contributed by atoms with Crippen LogP contribution in [0.4, 0.5) is 11.6 Å². The Morgan fingerprint density at radius 1 is 1.09 bits per heavy atom. The molecule has 0 aromatic carbocycles. The van der Waals surface area contributed by atoms with Crippen molar-refractivity contribution in [1.29, 1.82) is 0 Å². The molecule has 0 unspecified atom stereocenters. The Labute approximate surface area is 136 Å². The maximum Gasteiger partial charge on any atom is 0.151 e. The van der Waals surface area contributed by atoms with E-state index in [-0.39, 0.29) is 0 Å². The number of nitrogens with zero attached hydrogens (tertiary/aromatic N) is 6. The number of hydrogen-bond donors (Lipinski definition) is 0. The minimum absolute atomic E-state index is 0.447. The summed E-state index contributed by atoms with van der Waals surface area (Å²) < 4.78 is 0. The standard InChI is InChI=1S/C17H22N6/c1-12-17(19-8-7-18-12)22(2)14-10-23(11-14)16-9-13-5-3-4-6-15(13)20-21-16/h7-9,14H,3-6,10-11H2,1-2H3. The van der Waals surface area contributed by atoms with E-state index in [2.05, 4.69) is 43.1 Å². The molecule has 0 amide bonds. The number of aryl methyl sites for hydroxylation is 3. The predicted octanol–water partition coefficient (Wildman–Crippen LogP) is 1.78. The Morgan fingerprint density at radius 3 is 2.70 bits per heavy atom. The molecule has 0 radical (unpaired) electrons. The Bertz CT molecular complexity index is 710. The van der Waals surface area contributed by atoms with Crippen LogP contribution in [0.15, 0.2) is 18.5 Å². The molecule has 2 aromatic rings. The van der Waals surface area contributed by atoms with Crippen molar-refractivity contribution in [3.63, 3.8) is 0 Å². The lowest BCUT2D eigenvalue weighted by Gasteiger charge is -2.45. The molecular formula is C17H22N6. The zero-order chi connectivity index (χ0) is 15.8. The number of rotatable bonds is 3. The van der Waals surface area contributed by atoms with Crippen molar-refractivity contribution in [3.05, 3.63) is 35.4 Å². The van der Waals surface area contributed by atoms with Crippen molar-refractivity contribution in [2.45, 2.75) is 38.6 Å². The Morgan fingerprint density at radius 2 is 1.87 bits per heavy atom. The van der Waals surface area contributed by atoms with Crippen LogP contribution < -0.4 is 9.80 Å². The maximum atomic E-state index is 4.45. The molecule has 0 saturated carbocycles. The van der Waals surface area contributed by atoms with Crippen molar-refractivity contribution in [3.8, 4) is 0 Å². The lowest BCUT2D eigenvalue weighted by atomic mass is 9.96. The highest BCUT2D eigenvalue weighted by Crippen LogP contribution is 2.27. The van der Waals surface area contributed by atoms with E-state index in [1.54, 1.807) is 12.4 Å². The molecule has 2 aliphatic rings. The second-order valence-corrected chi connectivity index (χ2v) is 6.52. The third-order valence-electron chi connectivity index (χ3n) is 4.98. The van der Waals surface area contributed by atoms with E-state index < -0.39 is 0 Å². The normalized spacial score (nSPS) is 17.6. The van der Waals surface area contributed by atoms with Crippen LogP contribution >= 0.6 is 0 Å². The molecule has 1 saturated heterocycles. The fraction of sp³-hybridized carbons (Fsp3) is 0.529. The molecule has 1 fully saturated rings. The van der Waals surface area contributed by atoms with Crippen LogP contribution in [0.3, 0.4) is 0 Å². The van der Waals surface area contributed by atoms with Crippen molar-refractivity contribution >= 4 is 11.6 Å². The van der Waals surface area contributed by atoms with Gasteiger partial charge in [-0.05, 0) is 44.2 Å². The van der Waals surface area contributed by atoms with Gasteiger partial charge in [0.2, 0.25) is 0 Å². The van der Waals surface area contributed by atoms with Gasteiger partial charge in [-0.3, -0.25) is 4.98 Å². The molecule has 0 N–H and O–H groups in total. The summed E-state index contributed by atoms with van der Waals surface area (Å²) in [7, 11) is 2.09. The first-order valence-electron chi connectivity index (χ1n) is 8.33. The summed E-state index contributed by atoms with van der Waals surface area (Å²) in [6.07, 6.45) is 8.24. The first-order chi connectivity index (χ1) is 11.2. The molecule has 1 aliphatic heterocycles. The molecule has 6 nitrogen and oxygen atoms in total. The zero-order valence-corrected chi connectivity index (χ0v) is 13.7. The summed E-state index contributed by atoms with van der Waals surface area (Å²) in [5, 5.41) is 8.86. The van der Waals surface area contributed by atoms with E-state index in [0.717, 1.165) is 43.3 Å². The van der Waals surface area contributed by atoms with Gasteiger partial charge in [-0.1, -0.05) is 0 Å². The van der Waals surface area contributed by atoms with Gasteiger partial charge in [0.1, 0.15) is 5.82 Å². The summed E-state index contributed by atoms with van der Waals surface area (Å²) in [4.78, 5) is 13.3. The molecule has 0 spiro atoms. The molecular weight excluding hydrogens is 288 g/mol. The van der Waals surface area contributed by atoms with Gasteiger partial charge in [0, 0.05) is 32.5 Å². The van der Waals surface area contributed by atoms with Crippen LogP contribution in [0.25, 0.3) is 0 Å². The second kappa shape index (κ2) is 5.76. The fourth-order valence-corrected chi connectivity index (χ4v) is 3.44. The van der Waals surface area contributed by atoms with E-state index >= 15 is 0 Å². The van der Waals surface area contributed by atoms with Crippen molar-refractivity contribution < 1.29 is 0 Å².